The van der Waals surface area contributed by atoms with E-state index in [0.29, 0.717) is 5.56 Å². The van der Waals surface area contributed by atoms with E-state index in [1.807, 2.05) is 6.07 Å². The summed E-state index contributed by atoms with van der Waals surface area (Å²) in [4.78, 5) is 12.6. The fourth-order valence-electron chi connectivity index (χ4n) is 2.29. The largest absolute Gasteiger partial charge is 0.507 e. The van der Waals surface area contributed by atoms with Crippen molar-refractivity contribution in [3.05, 3.63) is 47.5 Å². The number of carbonyl (C=O) groups excluding carboxylic acids is 1. The molecule has 0 aromatic heterocycles. The Morgan fingerprint density at radius 1 is 1.17 bits per heavy atom. The standard InChI is InChI=1S/C17H15NO5/c1-22-13-8-12(19)14(17(23-2)16(13)21)11(9-18)15(20)10-6-4-3-5-7-10/h3-8,11,19,21H,1-2H3. The van der Waals surface area contributed by atoms with Gasteiger partial charge in [-0.25, -0.2) is 0 Å². The second kappa shape index (κ2) is 6.71. The van der Waals surface area contributed by atoms with Crippen molar-refractivity contribution >= 4 is 5.78 Å². The van der Waals surface area contributed by atoms with Gasteiger partial charge >= 0.3 is 0 Å². The smallest absolute Gasteiger partial charge is 0.201 e. The third kappa shape index (κ3) is 2.90. The van der Waals surface area contributed by atoms with Crippen LogP contribution in [0, 0.1) is 11.3 Å². The first-order chi connectivity index (χ1) is 11.0. The molecule has 2 aromatic carbocycles. The molecule has 118 valence electrons. The topological polar surface area (TPSA) is 99.8 Å². The number of nitrogens with zero attached hydrogens (tertiary/aromatic N) is 1. The summed E-state index contributed by atoms with van der Waals surface area (Å²) in [6.45, 7) is 0. The zero-order chi connectivity index (χ0) is 17.0. The van der Waals surface area contributed by atoms with Gasteiger partial charge in [-0.3, -0.25) is 4.79 Å². The van der Waals surface area contributed by atoms with Gasteiger partial charge in [0.2, 0.25) is 5.75 Å². The average molecular weight is 313 g/mol. The Morgan fingerprint density at radius 2 is 1.83 bits per heavy atom. The molecule has 2 rings (SSSR count). The number of hydrogen-bond acceptors (Lipinski definition) is 6. The maximum absolute atomic E-state index is 12.6. The normalized spacial score (nSPS) is 11.3. The Kier molecular flexibility index (Phi) is 4.72. The monoisotopic (exact) mass is 313 g/mol. The summed E-state index contributed by atoms with van der Waals surface area (Å²) in [5.74, 6) is -2.78. The summed E-state index contributed by atoms with van der Waals surface area (Å²) in [5.41, 5.74) is 0.220. The van der Waals surface area contributed by atoms with Gasteiger partial charge in [0.25, 0.3) is 0 Å². The summed E-state index contributed by atoms with van der Waals surface area (Å²) >= 11 is 0. The molecule has 1 atom stereocenters. The van der Waals surface area contributed by atoms with Crippen molar-refractivity contribution in [2.24, 2.45) is 0 Å². The summed E-state index contributed by atoms with van der Waals surface area (Å²) in [5, 5.41) is 29.7. The lowest BCUT2D eigenvalue weighted by Gasteiger charge is -2.17. The number of rotatable bonds is 5. The fourth-order valence-corrected chi connectivity index (χ4v) is 2.29. The fraction of sp³-hybridized carbons (Fsp3) is 0.176. The van der Waals surface area contributed by atoms with Gasteiger partial charge < -0.3 is 19.7 Å². The minimum absolute atomic E-state index is 0.0213. The van der Waals surface area contributed by atoms with Gasteiger partial charge in [0.15, 0.2) is 17.3 Å². The molecule has 0 aliphatic rings. The van der Waals surface area contributed by atoms with Gasteiger partial charge in [-0.15, -0.1) is 0 Å². The van der Waals surface area contributed by atoms with E-state index in [1.165, 1.54) is 14.2 Å². The van der Waals surface area contributed by atoms with Crippen molar-refractivity contribution in [2.75, 3.05) is 14.2 Å². The van der Waals surface area contributed by atoms with Gasteiger partial charge in [0.1, 0.15) is 11.7 Å². The summed E-state index contributed by atoms with van der Waals surface area (Å²) in [7, 11) is 2.57. The molecule has 0 aliphatic heterocycles. The van der Waals surface area contributed by atoms with Gasteiger partial charge in [-0.2, -0.15) is 5.26 Å². The highest BCUT2D eigenvalue weighted by Crippen LogP contribution is 2.47. The van der Waals surface area contributed by atoms with Crippen molar-refractivity contribution in [1.82, 2.24) is 0 Å². The number of Topliss-reactive ketones (excluding diaryl/α,β-unsaturated/α-hetero) is 1. The Morgan fingerprint density at radius 3 is 2.35 bits per heavy atom. The van der Waals surface area contributed by atoms with Crippen molar-refractivity contribution < 1.29 is 24.5 Å². The Labute approximate surface area is 133 Å². The Balaban J connectivity index is 2.61. The van der Waals surface area contributed by atoms with Crippen LogP contribution in [0.5, 0.6) is 23.0 Å². The Hall–Kier alpha value is -3.20. The molecule has 0 radical (unpaired) electrons. The molecule has 6 heteroatoms. The van der Waals surface area contributed by atoms with Crippen LogP contribution < -0.4 is 9.47 Å². The molecular formula is C17H15NO5. The third-order valence-corrected chi connectivity index (χ3v) is 3.40. The summed E-state index contributed by atoms with van der Waals surface area (Å²) in [6.07, 6.45) is 0. The molecule has 0 fully saturated rings. The molecule has 0 bridgehead atoms. The summed E-state index contributed by atoms with van der Waals surface area (Å²) in [6, 6.07) is 11.2. The van der Waals surface area contributed by atoms with E-state index in [0.717, 1.165) is 6.07 Å². The first-order valence-electron chi connectivity index (χ1n) is 6.70. The number of ketones is 1. The highest BCUT2D eigenvalue weighted by atomic mass is 16.5. The van der Waals surface area contributed by atoms with E-state index in [9.17, 15) is 20.3 Å². The van der Waals surface area contributed by atoms with Gasteiger partial charge in [-0.05, 0) is 0 Å². The van der Waals surface area contributed by atoms with Crippen LogP contribution in [-0.4, -0.2) is 30.2 Å². The van der Waals surface area contributed by atoms with Gasteiger partial charge in [0, 0.05) is 11.6 Å². The zero-order valence-electron chi connectivity index (χ0n) is 12.6. The number of hydrogen-bond donors (Lipinski definition) is 2. The van der Waals surface area contributed by atoms with E-state index in [4.69, 9.17) is 9.47 Å². The predicted molar refractivity (Wildman–Crippen MR) is 82.0 cm³/mol. The molecule has 0 spiro atoms. The van der Waals surface area contributed by atoms with E-state index in [2.05, 4.69) is 0 Å². The van der Waals surface area contributed by atoms with E-state index in [1.54, 1.807) is 30.3 Å². The molecule has 2 N–H and O–H groups in total. The molecule has 0 saturated heterocycles. The number of carbonyl (C=O) groups is 1. The molecule has 0 amide bonds. The SMILES string of the molecule is COc1cc(O)c(C(C#N)C(=O)c2ccccc2)c(OC)c1O. The van der Waals surface area contributed by atoms with Crippen LogP contribution in [0.4, 0.5) is 0 Å². The number of benzene rings is 2. The van der Waals surface area contributed by atoms with Crippen LogP contribution >= 0.6 is 0 Å². The molecule has 0 heterocycles. The number of aromatic hydroxyl groups is 2. The van der Waals surface area contributed by atoms with Crippen molar-refractivity contribution in [3.8, 4) is 29.1 Å². The number of phenols is 2. The first-order valence-corrected chi connectivity index (χ1v) is 6.70. The maximum atomic E-state index is 12.6. The minimum atomic E-state index is -1.33. The van der Waals surface area contributed by atoms with Gasteiger partial charge in [0.05, 0.1) is 25.9 Å². The van der Waals surface area contributed by atoms with Crippen LogP contribution in [-0.2, 0) is 0 Å². The van der Waals surface area contributed by atoms with E-state index < -0.39 is 11.7 Å². The minimum Gasteiger partial charge on any atom is -0.507 e. The summed E-state index contributed by atoms with van der Waals surface area (Å²) < 4.78 is 10.00. The van der Waals surface area contributed by atoms with E-state index >= 15 is 0 Å². The second-order valence-corrected chi connectivity index (χ2v) is 4.69. The van der Waals surface area contributed by atoms with Gasteiger partial charge in [-0.1, -0.05) is 30.3 Å². The maximum Gasteiger partial charge on any atom is 0.201 e. The molecule has 0 aliphatic carbocycles. The quantitative estimate of drug-likeness (QED) is 0.650. The highest BCUT2D eigenvalue weighted by Gasteiger charge is 2.31. The molecule has 6 nitrogen and oxygen atoms in total. The number of phenolic OH excluding ortho intramolecular Hbond substituents is 2. The molecular weight excluding hydrogens is 298 g/mol. The third-order valence-electron chi connectivity index (χ3n) is 3.40. The van der Waals surface area contributed by atoms with Crippen molar-refractivity contribution in [1.29, 1.82) is 5.26 Å². The average Bonchev–Trinajstić information content (AvgIpc) is 2.58. The lowest BCUT2D eigenvalue weighted by atomic mass is 9.90. The molecule has 1 unspecified atom stereocenters. The lowest BCUT2D eigenvalue weighted by Crippen LogP contribution is -2.13. The molecule has 23 heavy (non-hydrogen) atoms. The van der Waals surface area contributed by atoms with Crippen molar-refractivity contribution in [3.63, 3.8) is 0 Å². The van der Waals surface area contributed by atoms with E-state index in [-0.39, 0.29) is 28.6 Å². The number of methoxy groups -OCH3 is 2. The highest BCUT2D eigenvalue weighted by molar-refractivity contribution is 6.03. The number of ether oxygens (including phenoxy) is 2. The van der Waals surface area contributed by atoms with Crippen LogP contribution in [0.2, 0.25) is 0 Å². The van der Waals surface area contributed by atoms with Crippen LogP contribution in [0.25, 0.3) is 0 Å². The second-order valence-electron chi connectivity index (χ2n) is 4.69. The molecule has 0 saturated carbocycles. The first kappa shape index (κ1) is 16.2. The lowest BCUT2D eigenvalue weighted by molar-refractivity contribution is 0.0976. The van der Waals surface area contributed by atoms with Crippen LogP contribution in [0.15, 0.2) is 36.4 Å². The Bertz CT molecular complexity index is 765. The molecule has 2 aromatic rings. The zero-order valence-corrected chi connectivity index (χ0v) is 12.6. The van der Waals surface area contributed by atoms with Crippen LogP contribution in [0.3, 0.4) is 0 Å². The van der Waals surface area contributed by atoms with Crippen molar-refractivity contribution in [2.45, 2.75) is 5.92 Å². The number of nitriles is 1. The van der Waals surface area contributed by atoms with Crippen LogP contribution in [0.1, 0.15) is 21.8 Å². The predicted octanol–water partition coefficient (Wildman–Crippen LogP) is 2.61.